The minimum absolute atomic E-state index is 0.0173. The molecule has 2 aromatic heterocycles. The van der Waals surface area contributed by atoms with Gasteiger partial charge in [0.2, 0.25) is 5.13 Å². The summed E-state index contributed by atoms with van der Waals surface area (Å²) >= 11 is 13.5. The molecule has 178 valence electrons. The van der Waals surface area contributed by atoms with Crippen molar-refractivity contribution in [3.8, 4) is 27.6 Å². The van der Waals surface area contributed by atoms with E-state index >= 15 is 0 Å². The first kappa shape index (κ1) is 23.6. The molecule has 0 saturated heterocycles. The highest BCUT2D eigenvalue weighted by Crippen LogP contribution is 2.33. The summed E-state index contributed by atoms with van der Waals surface area (Å²) in [5, 5.41) is 25.4. The van der Waals surface area contributed by atoms with E-state index in [9.17, 15) is 14.9 Å². The maximum Gasteiger partial charge on any atom is 0.301 e. The first-order valence-electron chi connectivity index (χ1n) is 10.4. The second kappa shape index (κ2) is 9.86. The van der Waals surface area contributed by atoms with Crippen LogP contribution >= 0.6 is 34.5 Å². The molecule has 1 N–H and O–H groups in total. The molecule has 0 aliphatic heterocycles. The lowest BCUT2D eigenvalue weighted by molar-refractivity contribution is -0.384. The molecule has 0 aliphatic carbocycles. The summed E-state index contributed by atoms with van der Waals surface area (Å²) < 4.78 is 1.27. The number of aromatic amines is 1. The van der Waals surface area contributed by atoms with Gasteiger partial charge in [-0.25, -0.2) is 4.98 Å². The number of thiazole rings is 1. The van der Waals surface area contributed by atoms with Gasteiger partial charge in [-0.1, -0.05) is 53.5 Å². The van der Waals surface area contributed by atoms with Crippen LogP contribution in [0.25, 0.3) is 27.6 Å². The minimum atomic E-state index is -0.501. The number of azo groups is 1. The summed E-state index contributed by atoms with van der Waals surface area (Å²) in [7, 11) is 0. The van der Waals surface area contributed by atoms with Gasteiger partial charge in [0.15, 0.2) is 5.69 Å². The van der Waals surface area contributed by atoms with Crippen LogP contribution in [-0.2, 0) is 0 Å². The van der Waals surface area contributed by atoms with E-state index in [1.165, 1.54) is 46.4 Å². The SMILES string of the molecule is O=c1c(N=Nc2cc(Cl)ccc2Cl)c(-c2ccc([N+](=O)[O-])cc2)[nH]n1-c1nc(-c2ccccc2)cs1. The van der Waals surface area contributed by atoms with Crippen molar-refractivity contribution in [1.29, 1.82) is 0 Å². The Kier molecular flexibility index (Phi) is 6.47. The molecule has 0 amide bonds. The molecule has 2 heterocycles. The van der Waals surface area contributed by atoms with Crippen molar-refractivity contribution in [3.63, 3.8) is 0 Å². The fourth-order valence-corrected chi connectivity index (χ4v) is 4.49. The Morgan fingerprint density at radius 3 is 2.44 bits per heavy atom. The maximum atomic E-state index is 13.4. The van der Waals surface area contributed by atoms with Crippen LogP contribution in [0.15, 0.2) is 93.2 Å². The second-order valence-corrected chi connectivity index (χ2v) is 9.14. The molecule has 36 heavy (non-hydrogen) atoms. The van der Waals surface area contributed by atoms with Crippen molar-refractivity contribution in [2.45, 2.75) is 0 Å². The summed E-state index contributed by atoms with van der Waals surface area (Å²) in [6.45, 7) is 0. The molecule has 0 unspecified atom stereocenters. The quantitative estimate of drug-likeness (QED) is 0.136. The highest BCUT2D eigenvalue weighted by atomic mass is 35.5. The molecule has 5 rings (SSSR count). The maximum absolute atomic E-state index is 13.4. The summed E-state index contributed by atoms with van der Waals surface area (Å²) in [6, 6.07) is 20.0. The molecular weight excluding hydrogens is 523 g/mol. The number of rotatable bonds is 6. The Labute approximate surface area is 217 Å². The van der Waals surface area contributed by atoms with E-state index < -0.39 is 10.5 Å². The third kappa shape index (κ3) is 4.69. The molecule has 12 heteroatoms. The molecule has 3 aromatic carbocycles. The molecule has 0 fully saturated rings. The number of nitrogens with zero attached hydrogens (tertiary/aromatic N) is 5. The van der Waals surface area contributed by atoms with E-state index in [1.807, 2.05) is 35.7 Å². The van der Waals surface area contributed by atoms with Crippen LogP contribution in [0.5, 0.6) is 0 Å². The van der Waals surface area contributed by atoms with Crippen molar-refractivity contribution in [2.75, 3.05) is 0 Å². The number of halogens is 2. The van der Waals surface area contributed by atoms with E-state index in [0.717, 1.165) is 5.56 Å². The Hall–Kier alpha value is -4.12. The van der Waals surface area contributed by atoms with E-state index in [0.29, 0.717) is 32.1 Å². The zero-order chi connectivity index (χ0) is 25.2. The van der Waals surface area contributed by atoms with Crippen LogP contribution in [0.4, 0.5) is 17.1 Å². The van der Waals surface area contributed by atoms with Gasteiger partial charge in [0.25, 0.3) is 5.69 Å². The van der Waals surface area contributed by atoms with Gasteiger partial charge in [0, 0.05) is 33.7 Å². The Bertz CT molecular complexity index is 1660. The zero-order valence-corrected chi connectivity index (χ0v) is 20.5. The number of nitrogens with one attached hydrogen (secondary N) is 1. The smallest absolute Gasteiger partial charge is 0.286 e. The average molecular weight is 537 g/mol. The van der Waals surface area contributed by atoms with Crippen LogP contribution in [0.2, 0.25) is 10.0 Å². The van der Waals surface area contributed by atoms with Crippen LogP contribution in [0.1, 0.15) is 0 Å². The van der Waals surface area contributed by atoms with Crippen molar-refractivity contribution in [3.05, 3.63) is 109 Å². The summed E-state index contributed by atoms with van der Waals surface area (Å²) in [5.74, 6) is 0. The van der Waals surface area contributed by atoms with Gasteiger partial charge in [-0.2, -0.15) is 4.68 Å². The monoisotopic (exact) mass is 536 g/mol. The van der Waals surface area contributed by atoms with Crippen molar-refractivity contribution in [2.24, 2.45) is 10.2 Å². The van der Waals surface area contributed by atoms with Gasteiger partial charge in [-0.05, 0) is 30.3 Å². The lowest BCUT2D eigenvalue weighted by Crippen LogP contribution is -2.13. The average Bonchev–Trinajstić information content (AvgIpc) is 3.50. The standard InChI is InChI=1S/C24H14Cl2N6O3S/c25-16-8-11-18(26)19(12-16)28-29-22-21(15-6-9-17(10-7-15)32(34)35)30-31(23(22)33)24-27-20(13-36-24)14-4-2-1-3-5-14/h1-13,30H. The number of benzene rings is 3. The molecule has 9 nitrogen and oxygen atoms in total. The Morgan fingerprint density at radius 1 is 0.972 bits per heavy atom. The largest absolute Gasteiger partial charge is 0.301 e. The number of aromatic nitrogens is 3. The first-order valence-corrected chi connectivity index (χ1v) is 12.0. The number of H-pyrrole nitrogens is 1. The number of nitro benzene ring substituents is 1. The third-order valence-electron chi connectivity index (χ3n) is 5.15. The summed E-state index contributed by atoms with van der Waals surface area (Å²) in [4.78, 5) is 28.6. The third-order valence-corrected chi connectivity index (χ3v) is 6.53. The zero-order valence-electron chi connectivity index (χ0n) is 18.1. The fraction of sp³-hybridized carbons (Fsp3) is 0. The summed E-state index contributed by atoms with van der Waals surface area (Å²) in [6.07, 6.45) is 0. The highest BCUT2D eigenvalue weighted by Gasteiger charge is 2.20. The fourth-order valence-electron chi connectivity index (χ4n) is 3.38. The van der Waals surface area contributed by atoms with Crippen molar-refractivity contribution in [1.82, 2.24) is 14.8 Å². The molecule has 5 aromatic rings. The molecule has 0 atom stereocenters. The highest BCUT2D eigenvalue weighted by molar-refractivity contribution is 7.12. The van der Waals surface area contributed by atoms with Crippen molar-refractivity contribution < 1.29 is 4.92 Å². The van der Waals surface area contributed by atoms with E-state index in [2.05, 4.69) is 20.3 Å². The van der Waals surface area contributed by atoms with Crippen LogP contribution in [0.3, 0.4) is 0 Å². The van der Waals surface area contributed by atoms with Gasteiger partial charge >= 0.3 is 5.56 Å². The number of hydrogen-bond acceptors (Lipinski definition) is 7. The lowest BCUT2D eigenvalue weighted by Gasteiger charge is -2.00. The molecular formula is C24H14Cl2N6O3S. The van der Waals surface area contributed by atoms with Crippen LogP contribution in [-0.4, -0.2) is 19.7 Å². The van der Waals surface area contributed by atoms with Crippen LogP contribution in [0, 0.1) is 10.1 Å². The van der Waals surface area contributed by atoms with E-state index in [-0.39, 0.29) is 17.1 Å². The lowest BCUT2D eigenvalue weighted by atomic mass is 10.1. The molecule has 0 radical (unpaired) electrons. The normalized spacial score (nSPS) is 11.3. The number of non-ortho nitro benzene ring substituents is 1. The second-order valence-electron chi connectivity index (χ2n) is 7.46. The van der Waals surface area contributed by atoms with Gasteiger partial charge in [-0.3, -0.25) is 20.0 Å². The van der Waals surface area contributed by atoms with Gasteiger partial charge in [0.05, 0.1) is 21.3 Å². The van der Waals surface area contributed by atoms with Gasteiger partial charge < -0.3 is 0 Å². The number of hydrogen-bond donors (Lipinski definition) is 1. The molecule has 0 spiro atoms. The minimum Gasteiger partial charge on any atom is -0.286 e. The van der Waals surface area contributed by atoms with Gasteiger partial charge in [0.1, 0.15) is 5.69 Å². The predicted molar refractivity (Wildman–Crippen MR) is 140 cm³/mol. The van der Waals surface area contributed by atoms with Gasteiger partial charge in [-0.15, -0.1) is 21.6 Å². The van der Waals surface area contributed by atoms with E-state index in [1.54, 1.807) is 12.1 Å². The molecule has 0 aliphatic rings. The van der Waals surface area contributed by atoms with Crippen molar-refractivity contribution >= 4 is 51.6 Å². The van der Waals surface area contributed by atoms with Crippen LogP contribution < -0.4 is 5.56 Å². The first-order chi connectivity index (χ1) is 17.4. The Morgan fingerprint density at radius 2 is 1.72 bits per heavy atom. The topological polar surface area (TPSA) is 119 Å². The van der Waals surface area contributed by atoms with E-state index in [4.69, 9.17) is 23.2 Å². The predicted octanol–water partition coefficient (Wildman–Crippen LogP) is 7.59. The molecule has 0 bridgehead atoms. The summed E-state index contributed by atoms with van der Waals surface area (Å²) in [5.41, 5.74) is 2.12. The molecule has 0 saturated carbocycles. The number of nitro groups is 1. The Balaban J connectivity index is 1.63.